The molecule has 0 aliphatic rings. The van der Waals surface area contributed by atoms with E-state index in [1.807, 2.05) is 0 Å². The Labute approximate surface area is 77.1 Å². The van der Waals surface area contributed by atoms with Gasteiger partial charge in [0.25, 0.3) is 0 Å². The van der Waals surface area contributed by atoms with Gasteiger partial charge in [0.15, 0.2) is 0 Å². The summed E-state index contributed by atoms with van der Waals surface area (Å²) >= 11 is 0. The highest BCUT2D eigenvalue weighted by atomic mass is 19.4. The van der Waals surface area contributed by atoms with Crippen molar-refractivity contribution in [3.05, 3.63) is 23.3 Å². The minimum Gasteiger partial charge on any atom is -0.166 e. The summed E-state index contributed by atoms with van der Waals surface area (Å²) in [7, 11) is 0. The standard InChI is InChI=1S/C10H15F3/c1-4-7-9(10(11,12)13)8(5-2)6-3/h5,7H,4,6H2,1-3H3/b8-5-,9-7+. The Kier molecular flexibility index (Phi) is 4.81. The molecule has 0 amide bonds. The molecule has 0 aliphatic carbocycles. The molecule has 0 aliphatic heterocycles. The third-order valence-corrected chi connectivity index (χ3v) is 1.79. The lowest BCUT2D eigenvalue weighted by Gasteiger charge is -2.13. The van der Waals surface area contributed by atoms with E-state index in [1.165, 1.54) is 12.2 Å². The largest absolute Gasteiger partial charge is 0.416 e. The number of hydrogen-bond donors (Lipinski definition) is 0. The highest BCUT2D eigenvalue weighted by Crippen LogP contribution is 2.32. The van der Waals surface area contributed by atoms with E-state index < -0.39 is 11.7 Å². The molecule has 0 unspecified atom stereocenters. The van der Waals surface area contributed by atoms with Crippen LogP contribution in [0.5, 0.6) is 0 Å². The number of halogens is 3. The molecule has 0 N–H and O–H groups in total. The Morgan fingerprint density at radius 1 is 1.23 bits per heavy atom. The van der Waals surface area contributed by atoms with Gasteiger partial charge in [0.2, 0.25) is 0 Å². The van der Waals surface area contributed by atoms with E-state index in [0.29, 0.717) is 18.4 Å². The zero-order chi connectivity index (χ0) is 10.5. The second-order valence-electron chi connectivity index (χ2n) is 2.69. The van der Waals surface area contributed by atoms with Crippen molar-refractivity contribution in [2.24, 2.45) is 0 Å². The molecule has 76 valence electrons. The van der Waals surface area contributed by atoms with Crippen LogP contribution in [0.1, 0.15) is 33.6 Å². The van der Waals surface area contributed by atoms with Gasteiger partial charge >= 0.3 is 6.18 Å². The average molecular weight is 192 g/mol. The molecule has 0 aromatic carbocycles. The third-order valence-electron chi connectivity index (χ3n) is 1.79. The Hall–Kier alpha value is -0.730. The highest BCUT2D eigenvalue weighted by Gasteiger charge is 2.34. The second-order valence-corrected chi connectivity index (χ2v) is 2.69. The van der Waals surface area contributed by atoms with Crippen molar-refractivity contribution in [3.63, 3.8) is 0 Å². The van der Waals surface area contributed by atoms with Crippen LogP contribution >= 0.6 is 0 Å². The van der Waals surface area contributed by atoms with E-state index in [1.54, 1.807) is 20.8 Å². The van der Waals surface area contributed by atoms with Gasteiger partial charge in [-0.3, -0.25) is 0 Å². The number of rotatable bonds is 3. The first-order chi connectivity index (χ1) is 5.97. The van der Waals surface area contributed by atoms with Crippen LogP contribution in [-0.4, -0.2) is 6.18 Å². The molecule has 0 spiro atoms. The first kappa shape index (κ1) is 12.3. The van der Waals surface area contributed by atoms with E-state index in [0.717, 1.165) is 0 Å². The average Bonchev–Trinajstić information content (AvgIpc) is 2.03. The molecule has 0 saturated carbocycles. The smallest absolute Gasteiger partial charge is 0.166 e. The quantitative estimate of drug-likeness (QED) is 0.586. The van der Waals surface area contributed by atoms with Crippen LogP contribution in [-0.2, 0) is 0 Å². The summed E-state index contributed by atoms with van der Waals surface area (Å²) in [5.74, 6) is 0. The van der Waals surface area contributed by atoms with Gasteiger partial charge in [0, 0.05) is 0 Å². The molecule has 13 heavy (non-hydrogen) atoms. The van der Waals surface area contributed by atoms with Crippen molar-refractivity contribution in [1.29, 1.82) is 0 Å². The van der Waals surface area contributed by atoms with Crippen LogP contribution in [0.2, 0.25) is 0 Å². The van der Waals surface area contributed by atoms with Crippen molar-refractivity contribution in [3.8, 4) is 0 Å². The fourth-order valence-corrected chi connectivity index (χ4v) is 1.18. The van der Waals surface area contributed by atoms with Gasteiger partial charge in [-0.05, 0) is 25.3 Å². The summed E-state index contributed by atoms with van der Waals surface area (Å²) < 4.78 is 37.3. The maximum atomic E-state index is 12.4. The van der Waals surface area contributed by atoms with Crippen LogP contribution in [0.3, 0.4) is 0 Å². The van der Waals surface area contributed by atoms with Crippen LogP contribution in [0, 0.1) is 0 Å². The minimum atomic E-state index is -4.21. The van der Waals surface area contributed by atoms with Crippen LogP contribution < -0.4 is 0 Å². The SMILES string of the molecule is C/C=C(CC)\C(=C/CC)C(F)(F)F. The first-order valence-electron chi connectivity index (χ1n) is 4.40. The normalized spacial score (nSPS) is 14.9. The molecule has 0 atom stereocenters. The van der Waals surface area contributed by atoms with Crippen LogP contribution in [0.15, 0.2) is 23.3 Å². The molecule has 0 bridgehead atoms. The van der Waals surface area contributed by atoms with E-state index >= 15 is 0 Å². The maximum Gasteiger partial charge on any atom is 0.416 e. The van der Waals surface area contributed by atoms with Gasteiger partial charge < -0.3 is 0 Å². The zero-order valence-electron chi connectivity index (χ0n) is 8.20. The summed E-state index contributed by atoms with van der Waals surface area (Å²) in [6.45, 7) is 5.06. The van der Waals surface area contributed by atoms with Crippen molar-refractivity contribution < 1.29 is 13.2 Å². The molecular weight excluding hydrogens is 177 g/mol. The van der Waals surface area contributed by atoms with E-state index in [-0.39, 0.29) is 0 Å². The molecular formula is C10H15F3. The monoisotopic (exact) mass is 192 g/mol. The lowest BCUT2D eigenvalue weighted by atomic mass is 10.0. The topological polar surface area (TPSA) is 0 Å². The molecule has 0 fully saturated rings. The van der Waals surface area contributed by atoms with Crippen molar-refractivity contribution in [1.82, 2.24) is 0 Å². The fraction of sp³-hybridized carbons (Fsp3) is 0.600. The Balaban J connectivity index is 4.94. The summed E-state index contributed by atoms with van der Waals surface area (Å²) in [5, 5.41) is 0. The van der Waals surface area contributed by atoms with Crippen molar-refractivity contribution in [2.45, 2.75) is 39.8 Å². The summed E-state index contributed by atoms with van der Waals surface area (Å²) in [4.78, 5) is 0. The molecule has 0 rings (SSSR count). The molecule has 0 aromatic heterocycles. The van der Waals surface area contributed by atoms with E-state index in [4.69, 9.17) is 0 Å². The summed E-state index contributed by atoms with van der Waals surface area (Å²) in [6, 6.07) is 0. The number of hydrogen-bond acceptors (Lipinski definition) is 0. The summed E-state index contributed by atoms with van der Waals surface area (Å²) in [6.07, 6.45) is -0.629. The molecule has 0 radical (unpaired) electrons. The highest BCUT2D eigenvalue weighted by molar-refractivity contribution is 5.33. The van der Waals surface area contributed by atoms with Crippen molar-refractivity contribution in [2.75, 3.05) is 0 Å². The number of allylic oxidation sites excluding steroid dienone is 4. The Morgan fingerprint density at radius 3 is 2.00 bits per heavy atom. The molecule has 3 heteroatoms. The molecule has 0 nitrogen and oxygen atoms in total. The van der Waals surface area contributed by atoms with Gasteiger partial charge in [-0.2, -0.15) is 13.2 Å². The van der Waals surface area contributed by atoms with Gasteiger partial charge in [0.05, 0.1) is 5.57 Å². The number of alkyl halides is 3. The first-order valence-corrected chi connectivity index (χ1v) is 4.40. The van der Waals surface area contributed by atoms with Crippen LogP contribution in [0.4, 0.5) is 13.2 Å². The predicted octanol–water partition coefficient (Wildman–Crippen LogP) is 4.24. The fourth-order valence-electron chi connectivity index (χ4n) is 1.18. The third kappa shape index (κ3) is 3.66. The van der Waals surface area contributed by atoms with Gasteiger partial charge in [-0.15, -0.1) is 0 Å². The lowest BCUT2D eigenvalue weighted by Crippen LogP contribution is -2.13. The zero-order valence-corrected chi connectivity index (χ0v) is 8.20. The van der Waals surface area contributed by atoms with Crippen molar-refractivity contribution >= 4 is 0 Å². The van der Waals surface area contributed by atoms with E-state index in [9.17, 15) is 13.2 Å². The van der Waals surface area contributed by atoms with Gasteiger partial charge in [-0.1, -0.05) is 26.0 Å². The van der Waals surface area contributed by atoms with Crippen LogP contribution in [0.25, 0.3) is 0 Å². The van der Waals surface area contributed by atoms with Gasteiger partial charge in [-0.25, -0.2) is 0 Å². The Morgan fingerprint density at radius 2 is 1.77 bits per heavy atom. The second kappa shape index (κ2) is 5.10. The maximum absolute atomic E-state index is 12.4. The summed E-state index contributed by atoms with van der Waals surface area (Å²) in [5.41, 5.74) is -0.116. The van der Waals surface area contributed by atoms with E-state index in [2.05, 4.69) is 0 Å². The molecule has 0 heterocycles. The lowest BCUT2D eigenvalue weighted by molar-refractivity contribution is -0.0897. The molecule has 0 aromatic rings. The Bertz CT molecular complexity index is 209. The predicted molar refractivity (Wildman–Crippen MR) is 48.5 cm³/mol. The molecule has 0 saturated heterocycles. The minimum absolute atomic E-state index is 0.370. The van der Waals surface area contributed by atoms with Gasteiger partial charge in [0.1, 0.15) is 0 Å².